The number of rotatable bonds is 2. The van der Waals surface area contributed by atoms with Crippen LogP contribution in [0.2, 0.25) is 0 Å². The number of nitrogens with zero attached hydrogens (tertiary/aromatic N) is 2. The fraction of sp³-hybridized carbons (Fsp3) is 0.273. The summed E-state index contributed by atoms with van der Waals surface area (Å²) in [4.78, 5) is 6.08. The number of aryl methyl sites for hydroxylation is 1. The molecule has 0 amide bonds. The van der Waals surface area contributed by atoms with Crippen molar-refractivity contribution >= 4 is 28.4 Å². The van der Waals surface area contributed by atoms with Gasteiger partial charge in [-0.3, -0.25) is 0 Å². The molecule has 2 N–H and O–H groups in total. The van der Waals surface area contributed by atoms with E-state index >= 15 is 0 Å². The van der Waals surface area contributed by atoms with Gasteiger partial charge in [0, 0.05) is 5.38 Å². The Labute approximate surface area is 102 Å². The SMILES string of the molecule is CCc1c(-c2csc(C)n2)sc(C#N)c1N. The number of thiazole rings is 1. The minimum atomic E-state index is 0.595. The highest BCUT2D eigenvalue weighted by Gasteiger charge is 2.17. The molecule has 16 heavy (non-hydrogen) atoms. The average molecular weight is 249 g/mol. The molecule has 0 aliphatic carbocycles. The monoisotopic (exact) mass is 249 g/mol. The second-order valence-electron chi connectivity index (χ2n) is 3.37. The molecular weight excluding hydrogens is 238 g/mol. The summed E-state index contributed by atoms with van der Waals surface area (Å²) in [5.74, 6) is 0. The molecule has 3 nitrogen and oxygen atoms in total. The van der Waals surface area contributed by atoms with Crippen LogP contribution in [-0.2, 0) is 6.42 Å². The first-order chi connectivity index (χ1) is 7.67. The summed E-state index contributed by atoms with van der Waals surface area (Å²) in [7, 11) is 0. The molecule has 0 radical (unpaired) electrons. The molecule has 2 rings (SSSR count). The van der Waals surface area contributed by atoms with Gasteiger partial charge in [0.05, 0.1) is 21.3 Å². The Morgan fingerprint density at radius 1 is 1.56 bits per heavy atom. The quantitative estimate of drug-likeness (QED) is 0.889. The third-order valence-corrected chi connectivity index (χ3v) is 4.30. The fourth-order valence-electron chi connectivity index (χ4n) is 1.59. The van der Waals surface area contributed by atoms with Gasteiger partial charge in [0.25, 0.3) is 0 Å². The van der Waals surface area contributed by atoms with Crippen molar-refractivity contribution in [3.63, 3.8) is 0 Å². The Bertz CT molecular complexity index is 560. The molecule has 0 aliphatic rings. The van der Waals surface area contributed by atoms with E-state index in [0.717, 1.165) is 27.6 Å². The van der Waals surface area contributed by atoms with Crippen molar-refractivity contribution in [2.24, 2.45) is 0 Å². The lowest BCUT2D eigenvalue weighted by Gasteiger charge is -1.98. The second kappa shape index (κ2) is 4.24. The van der Waals surface area contributed by atoms with Gasteiger partial charge in [-0.05, 0) is 18.9 Å². The molecular formula is C11H11N3S2. The van der Waals surface area contributed by atoms with Crippen LogP contribution in [0.5, 0.6) is 0 Å². The van der Waals surface area contributed by atoms with Crippen molar-refractivity contribution in [1.29, 1.82) is 5.26 Å². The zero-order valence-corrected chi connectivity index (χ0v) is 10.7. The minimum absolute atomic E-state index is 0.595. The van der Waals surface area contributed by atoms with Gasteiger partial charge in [0.1, 0.15) is 10.9 Å². The van der Waals surface area contributed by atoms with E-state index in [1.807, 2.05) is 19.2 Å². The lowest BCUT2D eigenvalue weighted by Crippen LogP contribution is -1.91. The van der Waals surface area contributed by atoms with Crippen LogP contribution in [0.25, 0.3) is 10.6 Å². The van der Waals surface area contributed by atoms with E-state index in [1.54, 1.807) is 11.3 Å². The van der Waals surface area contributed by atoms with Crippen molar-refractivity contribution in [3.8, 4) is 16.6 Å². The Hall–Kier alpha value is -1.38. The summed E-state index contributed by atoms with van der Waals surface area (Å²) in [6, 6.07) is 2.14. The topological polar surface area (TPSA) is 62.7 Å². The second-order valence-corrected chi connectivity index (χ2v) is 5.45. The Morgan fingerprint density at radius 3 is 2.81 bits per heavy atom. The summed E-state index contributed by atoms with van der Waals surface area (Å²) in [5, 5.41) is 12.0. The molecule has 0 spiro atoms. The molecule has 0 saturated heterocycles. The normalized spacial score (nSPS) is 10.3. The van der Waals surface area contributed by atoms with E-state index in [0.29, 0.717) is 10.6 Å². The number of thiophene rings is 1. The predicted octanol–water partition coefficient (Wildman–Crippen LogP) is 3.20. The Balaban J connectivity index is 2.61. The van der Waals surface area contributed by atoms with Crippen LogP contribution in [0.1, 0.15) is 22.4 Å². The lowest BCUT2D eigenvalue weighted by molar-refractivity contribution is 1.15. The highest BCUT2D eigenvalue weighted by atomic mass is 32.1. The molecule has 0 unspecified atom stereocenters. The van der Waals surface area contributed by atoms with E-state index in [2.05, 4.69) is 11.1 Å². The first kappa shape index (κ1) is 11.1. The standard InChI is InChI=1S/C11H11N3S2/c1-3-7-10(13)9(4-12)16-11(7)8-5-15-6(2)14-8/h5H,3,13H2,1-2H3. The van der Waals surface area contributed by atoms with Gasteiger partial charge < -0.3 is 5.73 Å². The van der Waals surface area contributed by atoms with Gasteiger partial charge >= 0.3 is 0 Å². The third kappa shape index (κ3) is 1.70. The van der Waals surface area contributed by atoms with Crippen LogP contribution in [0, 0.1) is 18.3 Å². The minimum Gasteiger partial charge on any atom is -0.397 e. The van der Waals surface area contributed by atoms with E-state index in [9.17, 15) is 0 Å². The maximum Gasteiger partial charge on any atom is 0.128 e. The van der Waals surface area contributed by atoms with Gasteiger partial charge in [-0.1, -0.05) is 6.92 Å². The van der Waals surface area contributed by atoms with Gasteiger partial charge in [-0.25, -0.2) is 4.98 Å². The van der Waals surface area contributed by atoms with E-state index < -0.39 is 0 Å². The molecule has 0 fully saturated rings. The van der Waals surface area contributed by atoms with Crippen LogP contribution < -0.4 is 5.73 Å². The summed E-state index contributed by atoms with van der Waals surface area (Å²) >= 11 is 3.05. The number of hydrogen-bond acceptors (Lipinski definition) is 5. The molecule has 0 atom stereocenters. The maximum atomic E-state index is 8.97. The molecule has 2 heterocycles. The number of nitrogens with two attached hydrogens (primary N) is 1. The number of nitriles is 1. The Kier molecular flexibility index (Phi) is 2.95. The molecule has 5 heteroatoms. The zero-order valence-electron chi connectivity index (χ0n) is 9.07. The highest BCUT2D eigenvalue weighted by molar-refractivity contribution is 7.17. The predicted molar refractivity (Wildman–Crippen MR) is 68.7 cm³/mol. The summed E-state index contributed by atoms with van der Waals surface area (Å²) < 4.78 is 0. The molecule has 82 valence electrons. The molecule has 0 aliphatic heterocycles. The Morgan fingerprint density at radius 2 is 2.31 bits per heavy atom. The van der Waals surface area contributed by atoms with E-state index in [4.69, 9.17) is 11.0 Å². The zero-order chi connectivity index (χ0) is 11.7. The lowest BCUT2D eigenvalue weighted by atomic mass is 10.1. The number of anilines is 1. The number of hydrogen-bond donors (Lipinski definition) is 1. The van der Waals surface area contributed by atoms with Gasteiger partial charge in [-0.2, -0.15) is 5.26 Å². The van der Waals surface area contributed by atoms with Gasteiger partial charge in [-0.15, -0.1) is 22.7 Å². The summed E-state index contributed by atoms with van der Waals surface area (Å²) in [5.41, 5.74) is 8.54. The van der Waals surface area contributed by atoms with Crippen molar-refractivity contribution in [1.82, 2.24) is 4.98 Å². The van der Waals surface area contributed by atoms with Crippen LogP contribution in [0.3, 0.4) is 0 Å². The first-order valence-corrected chi connectivity index (χ1v) is 6.60. The number of nitrogen functional groups attached to an aromatic ring is 1. The molecule has 0 saturated carbocycles. The maximum absolute atomic E-state index is 8.97. The molecule has 0 bridgehead atoms. The van der Waals surface area contributed by atoms with Crippen LogP contribution in [-0.4, -0.2) is 4.98 Å². The van der Waals surface area contributed by atoms with Crippen LogP contribution >= 0.6 is 22.7 Å². The van der Waals surface area contributed by atoms with Crippen molar-refractivity contribution in [2.45, 2.75) is 20.3 Å². The smallest absolute Gasteiger partial charge is 0.128 e. The summed E-state index contributed by atoms with van der Waals surface area (Å²) in [6.07, 6.45) is 0.829. The highest BCUT2D eigenvalue weighted by Crippen LogP contribution is 2.38. The van der Waals surface area contributed by atoms with Crippen LogP contribution in [0.4, 0.5) is 5.69 Å². The van der Waals surface area contributed by atoms with Crippen LogP contribution in [0.15, 0.2) is 5.38 Å². The average Bonchev–Trinajstić information content (AvgIpc) is 2.82. The van der Waals surface area contributed by atoms with Crippen molar-refractivity contribution < 1.29 is 0 Å². The van der Waals surface area contributed by atoms with E-state index in [-0.39, 0.29) is 0 Å². The van der Waals surface area contributed by atoms with E-state index in [1.165, 1.54) is 11.3 Å². The number of aromatic nitrogens is 1. The van der Waals surface area contributed by atoms with Crippen molar-refractivity contribution in [3.05, 3.63) is 20.8 Å². The summed E-state index contributed by atoms with van der Waals surface area (Å²) in [6.45, 7) is 4.02. The molecule has 0 aromatic carbocycles. The first-order valence-electron chi connectivity index (χ1n) is 4.91. The third-order valence-electron chi connectivity index (χ3n) is 2.35. The molecule has 2 aromatic rings. The fourth-order valence-corrected chi connectivity index (χ4v) is 3.33. The van der Waals surface area contributed by atoms with Gasteiger partial charge in [0.2, 0.25) is 0 Å². The molecule has 2 aromatic heterocycles. The van der Waals surface area contributed by atoms with Gasteiger partial charge in [0.15, 0.2) is 0 Å². The largest absolute Gasteiger partial charge is 0.397 e. The van der Waals surface area contributed by atoms with Crippen molar-refractivity contribution in [2.75, 3.05) is 5.73 Å².